The standard InChI is InChI=1S/C16H15N3O3/c20-16(10-1-2-10)19-15-6-4-12(8-17-15)18-11-3-5-13-14(7-11)22-9-21-13/h3-8,10,18H,1-2,9H2,(H,17,19,20). The number of amides is 1. The first-order chi connectivity index (χ1) is 10.8. The maximum absolute atomic E-state index is 11.7. The molecule has 112 valence electrons. The van der Waals surface area contributed by atoms with Crippen LogP contribution in [0.2, 0.25) is 0 Å². The lowest BCUT2D eigenvalue weighted by Crippen LogP contribution is -2.14. The summed E-state index contributed by atoms with van der Waals surface area (Å²) >= 11 is 0. The molecule has 1 saturated carbocycles. The summed E-state index contributed by atoms with van der Waals surface area (Å²) in [7, 11) is 0. The molecule has 22 heavy (non-hydrogen) atoms. The summed E-state index contributed by atoms with van der Waals surface area (Å²) in [5.41, 5.74) is 1.73. The van der Waals surface area contributed by atoms with E-state index in [1.165, 1.54) is 0 Å². The van der Waals surface area contributed by atoms with Crippen molar-refractivity contribution >= 4 is 23.1 Å². The molecule has 1 aromatic carbocycles. The van der Waals surface area contributed by atoms with Crippen LogP contribution < -0.4 is 20.1 Å². The smallest absolute Gasteiger partial charge is 0.231 e. The molecule has 0 unspecified atom stereocenters. The highest BCUT2D eigenvalue weighted by Gasteiger charge is 2.29. The fourth-order valence-corrected chi connectivity index (χ4v) is 2.26. The van der Waals surface area contributed by atoms with Crippen molar-refractivity contribution in [1.29, 1.82) is 0 Å². The highest BCUT2D eigenvalue weighted by molar-refractivity contribution is 5.93. The molecule has 1 aliphatic heterocycles. The predicted molar refractivity (Wildman–Crippen MR) is 81.4 cm³/mol. The second kappa shape index (κ2) is 5.22. The molecule has 1 aliphatic carbocycles. The zero-order valence-electron chi connectivity index (χ0n) is 11.8. The minimum Gasteiger partial charge on any atom is -0.454 e. The Hall–Kier alpha value is -2.76. The Morgan fingerprint density at radius 2 is 1.91 bits per heavy atom. The van der Waals surface area contributed by atoms with Crippen molar-refractivity contribution in [3.05, 3.63) is 36.5 Å². The van der Waals surface area contributed by atoms with Gasteiger partial charge in [0.1, 0.15) is 5.82 Å². The van der Waals surface area contributed by atoms with Crippen molar-refractivity contribution in [2.24, 2.45) is 5.92 Å². The van der Waals surface area contributed by atoms with Crippen molar-refractivity contribution in [2.45, 2.75) is 12.8 Å². The summed E-state index contributed by atoms with van der Waals surface area (Å²) in [5, 5.41) is 6.05. The van der Waals surface area contributed by atoms with Gasteiger partial charge in [-0.2, -0.15) is 0 Å². The van der Waals surface area contributed by atoms with Crippen LogP contribution in [0.5, 0.6) is 11.5 Å². The molecule has 2 heterocycles. The van der Waals surface area contributed by atoms with Gasteiger partial charge in [-0.05, 0) is 37.1 Å². The lowest BCUT2D eigenvalue weighted by atomic mass is 10.2. The summed E-state index contributed by atoms with van der Waals surface area (Å²) in [6.07, 6.45) is 3.65. The van der Waals surface area contributed by atoms with Crippen LogP contribution in [0, 0.1) is 5.92 Å². The number of fused-ring (bicyclic) bond motifs is 1. The van der Waals surface area contributed by atoms with Gasteiger partial charge in [0.2, 0.25) is 12.7 Å². The van der Waals surface area contributed by atoms with Gasteiger partial charge in [-0.25, -0.2) is 4.98 Å². The molecular formula is C16H15N3O3. The SMILES string of the molecule is O=C(Nc1ccc(Nc2ccc3c(c2)OCO3)cn1)C1CC1. The lowest BCUT2D eigenvalue weighted by molar-refractivity contribution is -0.117. The number of rotatable bonds is 4. The van der Waals surface area contributed by atoms with E-state index in [4.69, 9.17) is 9.47 Å². The number of ether oxygens (including phenoxy) is 2. The maximum atomic E-state index is 11.7. The highest BCUT2D eigenvalue weighted by atomic mass is 16.7. The van der Waals surface area contributed by atoms with Crippen LogP contribution in [0.3, 0.4) is 0 Å². The molecule has 2 N–H and O–H groups in total. The second-order valence-corrected chi connectivity index (χ2v) is 5.39. The minimum absolute atomic E-state index is 0.0592. The van der Waals surface area contributed by atoms with Gasteiger partial charge < -0.3 is 20.1 Å². The van der Waals surface area contributed by atoms with Crippen LogP contribution in [-0.4, -0.2) is 17.7 Å². The average Bonchev–Trinajstić information content (AvgIpc) is 3.28. The first-order valence-corrected chi connectivity index (χ1v) is 7.21. The van der Waals surface area contributed by atoms with Gasteiger partial charge in [0.25, 0.3) is 0 Å². The third-order valence-corrected chi connectivity index (χ3v) is 3.62. The molecular weight excluding hydrogens is 282 g/mol. The summed E-state index contributed by atoms with van der Waals surface area (Å²) in [6, 6.07) is 9.32. The van der Waals surface area contributed by atoms with E-state index in [2.05, 4.69) is 15.6 Å². The van der Waals surface area contributed by atoms with Gasteiger partial charge in [-0.15, -0.1) is 0 Å². The molecule has 1 amide bonds. The van der Waals surface area contributed by atoms with Crippen molar-refractivity contribution in [2.75, 3.05) is 17.4 Å². The number of hydrogen-bond acceptors (Lipinski definition) is 5. The zero-order chi connectivity index (χ0) is 14.9. The Morgan fingerprint density at radius 3 is 2.68 bits per heavy atom. The van der Waals surface area contributed by atoms with E-state index in [0.717, 1.165) is 35.7 Å². The predicted octanol–water partition coefficient (Wildman–Crippen LogP) is 2.90. The number of aromatic nitrogens is 1. The Bertz CT molecular complexity index is 711. The molecule has 0 atom stereocenters. The van der Waals surface area contributed by atoms with E-state index in [1.54, 1.807) is 12.3 Å². The fourth-order valence-electron chi connectivity index (χ4n) is 2.26. The summed E-state index contributed by atoms with van der Waals surface area (Å²) in [6.45, 7) is 0.260. The number of carbonyl (C=O) groups excluding carboxylic acids is 1. The van der Waals surface area contributed by atoms with E-state index >= 15 is 0 Å². The minimum atomic E-state index is 0.0592. The number of nitrogens with zero attached hydrogens (tertiary/aromatic N) is 1. The maximum Gasteiger partial charge on any atom is 0.231 e. The van der Waals surface area contributed by atoms with Gasteiger partial charge in [-0.1, -0.05) is 0 Å². The number of pyridine rings is 1. The number of hydrogen-bond donors (Lipinski definition) is 2. The summed E-state index contributed by atoms with van der Waals surface area (Å²) < 4.78 is 10.6. The number of carbonyl (C=O) groups is 1. The number of benzene rings is 1. The third kappa shape index (κ3) is 2.67. The first kappa shape index (κ1) is 12.9. The first-order valence-electron chi connectivity index (χ1n) is 7.21. The quantitative estimate of drug-likeness (QED) is 0.908. The van der Waals surface area contributed by atoms with E-state index in [9.17, 15) is 4.79 Å². The van der Waals surface area contributed by atoms with E-state index in [1.807, 2.05) is 24.3 Å². The molecule has 1 aromatic heterocycles. The Kier molecular flexibility index (Phi) is 3.07. The molecule has 6 heteroatoms. The van der Waals surface area contributed by atoms with Crippen LogP contribution >= 0.6 is 0 Å². The molecule has 4 rings (SSSR count). The topological polar surface area (TPSA) is 72.5 Å². The Morgan fingerprint density at radius 1 is 1.09 bits per heavy atom. The molecule has 0 radical (unpaired) electrons. The molecule has 0 spiro atoms. The molecule has 1 fully saturated rings. The van der Waals surface area contributed by atoms with Crippen LogP contribution in [0.15, 0.2) is 36.5 Å². The van der Waals surface area contributed by atoms with Crippen molar-refractivity contribution in [1.82, 2.24) is 4.98 Å². The van der Waals surface area contributed by atoms with Gasteiger partial charge in [-0.3, -0.25) is 4.79 Å². The van der Waals surface area contributed by atoms with Gasteiger partial charge in [0.15, 0.2) is 11.5 Å². The summed E-state index contributed by atoms with van der Waals surface area (Å²) in [5.74, 6) is 2.29. The largest absolute Gasteiger partial charge is 0.454 e. The molecule has 0 saturated heterocycles. The number of anilines is 3. The molecule has 2 aromatic rings. The van der Waals surface area contributed by atoms with E-state index in [0.29, 0.717) is 5.82 Å². The normalized spacial score (nSPS) is 15.5. The van der Waals surface area contributed by atoms with E-state index in [-0.39, 0.29) is 18.6 Å². The van der Waals surface area contributed by atoms with Crippen LogP contribution in [-0.2, 0) is 4.79 Å². The molecule has 2 aliphatic rings. The van der Waals surface area contributed by atoms with Gasteiger partial charge >= 0.3 is 0 Å². The molecule has 0 bridgehead atoms. The zero-order valence-corrected chi connectivity index (χ0v) is 11.8. The van der Waals surface area contributed by atoms with Crippen LogP contribution in [0.1, 0.15) is 12.8 Å². The van der Waals surface area contributed by atoms with Crippen molar-refractivity contribution in [3.63, 3.8) is 0 Å². The highest BCUT2D eigenvalue weighted by Crippen LogP contribution is 2.35. The van der Waals surface area contributed by atoms with Crippen molar-refractivity contribution < 1.29 is 14.3 Å². The van der Waals surface area contributed by atoms with E-state index < -0.39 is 0 Å². The second-order valence-electron chi connectivity index (χ2n) is 5.39. The van der Waals surface area contributed by atoms with Gasteiger partial charge in [0.05, 0.1) is 11.9 Å². The number of nitrogens with one attached hydrogen (secondary N) is 2. The monoisotopic (exact) mass is 297 g/mol. The van der Waals surface area contributed by atoms with Crippen molar-refractivity contribution in [3.8, 4) is 11.5 Å². The van der Waals surface area contributed by atoms with Gasteiger partial charge in [0, 0.05) is 17.7 Å². The van der Waals surface area contributed by atoms with Crippen LogP contribution in [0.4, 0.5) is 17.2 Å². The summed E-state index contributed by atoms with van der Waals surface area (Å²) in [4.78, 5) is 15.9. The fraction of sp³-hybridized carbons (Fsp3) is 0.250. The average molecular weight is 297 g/mol. The Balaban J connectivity index is 1.43. The third-order valence-electron chi connectivity index (χ3n) is 3.62. The van der Waals surface area contributed by atoms with Crippen LogP contribution in [0.25, 0.3) is 0 Å². The molecule has 6 nitrogen and oxygen atoms in total. The lowest BCUT2D eigenvalue weighted by Gasteiger charge is -2.08. The Labute approximate surface area is 127 Å².